The van der Waals surface area contributed by atoms with Crippen LogP contribution < -0.4 is 14.2 Å². The first kappa shape index (κ1) is 29.9. The summed E-state index contributed by atoms with van der Waals surface area (Å²) in [4.78, 5) is 39.4. The van der Waals surface area contributed by atoms with Gasteiger partial charge in [0.1, 0.15) is 5.75 Å². The average molecular weight is 572 g/mol. The summed E-state index contributed by atoms with van der Waals surface area (Å²) >= 11 is 0. The number of benzene rings is 3. The number of nitrogens with zero attached hydrogens (tertiary/aromatic N) is 1. The summed E-state index contributed by atoms with van der Waals surface area (Å²) in [5.41, 5.74) is 2.49. The van der Waals surface area contributed by atoms with Crippen LogP contribution in [0.3, 0.4) is 0 Å². The molecule has 9 nitrogen and oxygen atoms in total. The summed E-state index contributed by atoms with van der Waals surface area (Å²) in [7, 11) is 2.95. The van der Waals surface area contributed by atoms with Gasteiger partial charge in [0, 0.05) is 29.1 Å². The van der Waals surface area contributed by atoms with Crippen LogP contribution in [-0.2, 0) is 9.59 Å². The van der Waals surface area contributed by atoms with Crippen molar-refractivity contribution in [2.75, 3.05) is 27.4 Å². The molecule has 0 aliphatic carbocycles. The number of methoxy groups -OCH3 is 2. The monoisotopic (exact) mass is 571 g/mol. The van der Waals surface area contributed by atoms with Crippen molar-refractivity contribution in [3.8, 4) is 17.2 Å². The fourth-order valence-electron chi connectivity index (χ4n) is 5.23. The molecule has 0 aromatic heterocycles. The van der Waals surface area contributed by atoms with Gasteiger partial charge in [-0.05, 0) is 62.2 Å². The largest absolute Gasteiger partial charge is 0.494 e. The van der Waals surface area contributed by atoms with E-state index in [1.165, 1.54) is 14.2 Å². The predicted octanol–water partition coefficient (Wildman–Crippen LogP) is 5.52. The van der Waals surface area contributed by atoms with Gasteiger partial charge in [-0.3, -0.25) is 4.79 Å². The molecule has 0 radical (unpaired) electrons. The van der Waals surface area contributed by atoms with Crippen molar-refractivity contribution in [1.82, 2.24) is 4.90 Å². The molecule has 42 heavy (non-hydrogen) atoms. The van der Waals surface area contributed by atoms with E-state index in [-0.39, 0.29) is 16.9 Å². The van der Waals surface area contributed by atoms with E-state index in [1.54, 1.807) is 73.3 Å². The Morgan fingerprint density at radius 2 is 1.33 bits per heavy atom. The number of hydrogen-bond acceptors (Lipinski definition) is 7. The van der Waals surface area contributed by atoms with Crippen molar-refractivity contribution in [1.29, 1.82) is 0 Å². The van der Waals surface area contributed by atoms with Crippen molar-refractivity contribution < 1.29 is 38.8 Å². The van der Waals surface area contributed by atoms with E-state index >= 15 is 0 Å². The molecule has 0 unspecified atom stereocenters. The normalized spacial score (nSPS) is 13.7. The molecule has 218 valence electrons. The van der Waals surface area contributed by atoms with E-state index in [0.29, 0.717) is 64.9 Å². The van der Waals surface area contributed by atoms with Gasteiger partial charge in [-0.25, -0.2) is 9.59 Å². The fraction of sp³-hybridized carbons (Fsp3) is 0.242. The molecule has 0 saturated heterocycles. The lowest BCUT2D eigenvalue weighted by atomic mass is 9.79. The molecule has 1 heterocycles. The highest BCUT2D eigenvalue weighted by Crippen LogP contribution is 2.44. The van der Waals surface area contributed by atoms with Crippen LogP contribution in [0.4, 0.5) is 0 Å². The third-order valence-electron chi connectivity index (χ3n) is 7.32. The molecule has 0 amide bonds. The minimum Gasteiger partial charge on any atom is -0.494 e. The molecule has 1 aliphatic heterocycles. The summed E-state index contributed by atoms with van der Waals surface area (Å²) in [5.74, 6) is -2.09. The number of carboxylic acid groups (broad SMARTS) is 2. The van der Waals surface area contributed by atoms with Crippen molar-refractivity contribution in [2.45, 2.75) is 26.2 Å². The van der Waals surface area contributed by atoms with Crippen LogP contribution in [0.1, 0.15) is 47.7 Å². The second-order valence-corrected chi connectivity index (χ2v) is 9.73. The zero-order valence-electron chi connectivity index (χ0n) is 23.9. The molecule has 4 rings (SSSR count). The number of carbonyl (C=O) groups excluding carboxylic acids is 1. The Bertz CT molecular complexity index is 1500. The molecular weight excluding hydrogens is 538 g/mol. The van der Waals surface area contributed by atoms with Gasteiger partial charge in [0.25, 0.3) is 0 Å². The molecular formula is C33H33NO8. The maximum atomic E-state index is 12.6. The lowest BCUT2D eigenvalue weighted by Gasteiger charge is -2.37. The van der Waals surface area contributed by atoms with E-state index in [0.717, 1.165) is 0 Å². The van der Waals surface area contributed by atoms with Crippen LogP contribution in [0.5, 0.6) is 17.2 Å². The minimum absolute atomic E-state index is 0.0233. The van der Waals surface area contributed by atoms with Gasteiger partial charge in [0.2, 0.25) is 0 Å². The zero-order chi connectivity index (χ0) is 30.4. The van der Waals surface area contributed by atoms with Crippen LogP contribution >= 0.6 is 0 Å². The topological polar surface area (TPSA) is 123 Å². The third-order valence-corrected chi connectivity index (χ3v) is 7.32. The molecule has 0 atom stereocenters. The first-order valence-electron chi connectivity index (χ1n) is 13.4. The van der Waals surface area contributed by atoms with Gasteiger partial charge in [0.15, 0.2) is 17.3 Å². The number of rotatable bonds is 12. The van der Waals surface area contributed by atoms with Crippen LogP contribution in [0, 0.1) is 0 Å². The zero-order valence-corrected chi connectivity index (χ0v) is 23.9. The number of carbonyl (C=O) groups is 3. The first-order valence-corrected chi connectivity index (χ1v) is 13.4. The summed E-state index contributed by atoms with van der Waals surface area (Å²) in [6.45, 7) is 4.01. The highest BCUT2D eigenvalue weighted by molar-refractivity contribution is 6.09. The average Bonchev–Trinajstić information content (AvgIpc) is 2.99. The minimum atomic E-state index is -1.20. The van der Waals surface area contributed by atoms with Crippen molar-refractivity contribution >= 4 is 17.7 Å². The molecule has 1 aliphatic rings. The Balaban J connectivity index is 1.50. The molecule has 0 fully saturated rings. The van der Waals surface area contributed by atoms with Gasteiger partial charge >= 0.3 is 11.9 Å². The van der Waals surface area contributed by atoms with Crippen LogP contribution in [0.2, 0.25) is 0 Å². The highest BCUT2D eigenvalue weighted by Gasteiger charge is 2.39. The Morgan fingerprint density at radius 1 is 0.762 bits per heavy atom. The molecule has 0 saturated carbocycles. The van der Waals surface area contributed by atoms with Crippen molar-refractivity contribution in [3.05, 3.63) is 112 Å². The first-order chi connectivity index (χ1) is 20.2. The Kier molecular flexibility index (Phi) is 9.32. The van der Waals surface area contributed by atoms with E-state index in [1.807, 2.05) is 18.2 Å². The summed E-state index contributed by atoms with van der Waals surface area (Å²) in [5, 5.41) is 20.4. The quantitative estimate of drug-likeness (QED) is 0.214. The molecule has 9 heteroatoms. The Hall–Kier alpha value is -5.05. The highest BCUT2D eigenvalue weighted by atomic mass is 16.5. The fourth-order valence-corrected chi connectivity index (χ4v) is 5.23. The van der Waals surface area contributed by atoms with Gasteiger partial charge < -0.3 is 29.3 Å². The van der Waals surface area contributed by atoms with Crippen molar-refractivity contribution in [3.63, 3.8) is 0 Å². The standard InChI is InChI=1S/C33H33NO8/c1-20-28(32(36)37)30(24-13-16-26(40-3)27(19-24)41-4)29(33(38)39)21(2)34(20)17-8-18-42-25-14-11-23(12-15-25)31(35)22-9-6-5-7-10-22/h5-7,9-16,19,30H,8,17-18H2,1-4H3,(H,36,37)(H,38,39). The van der Waals surface area contributed by atoms with Crippen LogP contribution in [0.25, 0.3) is 0 Å². The van der Waals surface area contributed by atoms with Gasteiger partial charge in [0.05, 0.1) is 37.9 Å². The summed E-state index contributed by atoms with van der Waals surface area (Å²) in [6.07, 6.45) is 0.486. The second-order valence-electron chi connectivity index (χ2n) is 9.73. The van der Waals surface area contributed by atoms with Gasteiger partial charge in [-0.15, -0.1) is 0 Å². The Labute approximate surface area is 244 Å². The third kappa shape index (κ3) is 6.15. The van der Waals surface area contributed by atoms with Crippen LogP contribution in [-0.4, -0.2) is 60.2 Å². The van der Waals surface area contributed by atoms with E-state index in [9.17, 15) is 24.6 Å². The molecule has 0 bridgehead atoms. The predicted molar refractivity (Wildman–Crippen MR) is 156 cm³/mol. The smallest absolute Gasteiger partial charge is 0.334 e. The summed E-state index contributed by atoms with van der Waals surface area (Å²) in [6, 6.07) is 20.8. The molecule has 3 aromatic carbocycles. The van der Waals surface area contributed by atoms with E-state index < -0.39 is 17.9 Å². The maximum Gasteiger partial charge on any atom is 0.334 e. The van der Waals surface area contributed by atoms with Crippen LogP contribution in [0.15, 0.2) is 95.3 Å². The second kappa shape index (κ2) is 13.1. The molecule has 3 aromatic rings. The Morgan fingerprint density at radius 3 is 1.88 bits per heavy atom. The number of aliphatic carboxylic acids is 2. The van der Waals surface area contributed by atoms with E-state index in [4.69, 9.17) is 14.2 Å². The van der Waals surface area contributed by atoms with Crippen molar-refractivity contribution in [2.24, 2.45) is 0 Å². The number of allylic oxidation sites excluding steroid dienone is 2. The lowest BCUT2D eigenvalue weighted by molar-refractivity contribution is -0.133. The SMILES string of the molecule is COc1ccc(C2C(C(=O)O)=C(C)N(CCCOc3ccc(C(=O)c4ccccc4)cc3)C(C)=C2C(=O)O)cc1OC. The maximum absolute atomic E-state index is 12.6. The number of hydrogen-bond donors (Lipinski definition) is 2. The molecule has 0 spiro atoms. The summed E-state index contributed by atoms with van der Waals surface area (Å²) < 4.78 is 16.5. The molecule has 2 N–H and O–H groups in total. The number of ether oxygens (including phenoxy) is 3. The van der Waals surface area contributed by atoms with Gasteiger partial charge in [-0.1, -0.05) is 36.4 Å². The van der Waals surface area contributed by atoms with E-state index in [2.05, 4.69) is 0 Å². The lowest BCUT2D eigenvalue weighted by Crippen LogP contribution is -2.35. The van der Waals surface area contributed by atoms with Gasteiger partial charge in [-0.2, -0.15) is 0 Å². The number of ketones is 1. The number of carboxylic acids is 2.